The Morgan fingerprint density at radius 2 is 2.00 bits per heavy atom. The highest BCUT2D eigenvalue weighted by Gasteiger charge is 2.42. The predicted molar refractivity (Wildman–Crippen MR) is 90.5 cm³/mol. The lowest BCUT2D eigenvalue weighted by molar-refractivity contribution is -0.143. The number of ether oxygens (including phenoxy) is 1. The second kappa shape index (κ2) is 7.30. The van der Waals surface area contributed by atoms with Crippen molar-refractivity contribution in [2.24, 2.45) is 0 Å². The normalized spacial score (nSPS) is 36.5. The monoisotopic (exact) mass is 341 g/mol. The molecule has 130 valence electrons. The molecule has 7 heteroatoms. The van der Waals surface area contributed by atoms with Gasteiger partial charge in [-0.25, -0.2) is 4.79 Å². The maximum Gasteiger partial charge on any atom is 0.315 e. The van der Waals surface area contributed by atoms with Gasteiger partial charge in [0.1, 0.15) is 0 Å². The first-order chi connectivity index (χ1) is 11.0. The molecule has 0 unspecified atom stereocenters. The van der Waals surface area contributed by atoms with Crippen LogP contribution < -0.4 is 10.6 Å². The molecule has 6 nitrogen and oxygen atoms in total. The fourth-order valence-corrected chi connectivity index (χ4v) is 5.35. The van der Waals surface area contributed by atoms with E-state index in [1.54, 1.807) is 0 Å². The molecule has 0 aromatic heterocycles. The average Bonchev–Trinajstić information content (AvgIpc) is 3.02. The summed E-state index contributed by atoms with van der Waals surface area (Å²) < 4.78 is 5.67. The van der Waals surface area contributed by atoms with Gasteiger partial charge in [-0.15, -0.1) is 0 Å². The summed E-state index contributed by atoms with van der Waals surface area (Å²) in [5.74, 6) is 1.25. The summed E-state index contributed by atoms with van der Waals surface area (Å²) in [6.07, 6.45) is 3.92. The second-order valence-electron chi connectivity index (χ2n) is 6.92. The Bertz CT molecular complexity index is 452. The Balaban J connectivity index is 1.35. The third kappa shape index (κ3) is 4.12. The summed E-state index contributed by atoms with van der Waals surface area (Å²) >= 11 is 1.93. The molecule has 3 amide bonds. The minimum atomic E-state index is -0.0314. The number of rotatable bonds is 5. The molecule has 0 aliphatic carbocycles. The Kier molecular flexibility index (Phi) is 5.36. The number of fused-ring (bicyclic) bond motifs is 1. The van der Waals surface area contributed by atoms with Crippen molar-refractivity contribution in [3.63, 3.8) is 0 Å². The van der Waals surface area contributed by atoms with Crippen molar-refractivity contribution >= 4 is 23.7 Å². The quantitative estimate of drug-likeness (QED) is 0.585. The van der Waals surface area contributed by atoms with Crippen LogP contribution in [0.4, 0.5) is 4.79 Å². The summed E-state index contributed by atoms with van der Waals surface area (Å²) in [5.41, 5.74) is 0. The summed E-state index contributed by atoms with van der Waals surface area (Å²) in [7, 11) is 0. The fraction of sp³-hybridized carbons (Fsp3) is 0.875. The molecular formula is C16H27N3O3S. The number of hydrogen-bond acceptors (Lipinski definition) is 4. The number of urea groups is 1. The summed E-state index contributed by atoms with van der Waals surface area (Å²) in [4.78, 5) is 25.6. The largest absolute Gasteiger partial charge is 0.372 e. The molecular weight excluding hydrogens is 314 g/mol. The van der Waals surface area contributed by atoms with E-state index in [1.165, 1.54) is 0 Å². The van der Waals surface area contributed by atoms with Gasteiger partial charge in [0.25, 0.3) is 0 Å². The van der Waals surface area contributed by atoms with Gasteiger partial charge >= 0.3 is 6.03 Å². The van der Waals surface area contributed by atoms with Gasteiger partial charge in [0, 0.05) is 30.5 Å². The number of hydrogen-bond donors (Lipinski definition) is 2. The van der Waals surface area contributed by atoms with Crippen LogP contribution in [0.5, 0.6) is 0 Å². The molecule has 0 spiro atoms. The highest BCUT2D eigenvalue weighted by molar-refractivity contribution is 8.00. The van der Waals surface area contributed by atoms with Gasteiger partial charge in [0.2, 0.25) is 5.91 Å². The minimum Gasteiger partial charge on any atom is -0.372 e. The van der Waals surface area contributed by atoms with E-state index < -0.39 is 0 Å². The topological polar surface area (TPSA) is 70.7 Å². The molecule has 3 fully saturated rings. The van der Waals surface area contributed by atoms with E-state index in [0.29, 0.717) is 24.8 Å². The zero-order valence-corrected chi connectivity index (χ0v) is 14.7. The lowest BCUT2D eigenvalue weighted by atomic mass is 10.0. The number of nitrogens with one attached hydrogen (secondary N) is 2. The molecule has 0 radical (unpaired) electrons. The number of thioether (sulfide) groups is 1. The first kappa shape index (κ1) is 16.9. The number of nitrogens with zero attached hydrogens (tertiary/aromatic N) is 1. The van der Waals surface area contributed by atoms with Gasteiger partial charge in [0.05, 0.1) is 24.3 Å². The van der Waals surface area contributed by atoms with Crippen molar-refractivity contribution in [2.45, 2.75) is 69.1 Å². The van der Waals surface area contributed by atoms with Crippen molar-refractivity contribution in [1.82, 2.24) is 15.5 Å². The van der Waals surface area contributed by atoms with Crippen molar-refractivity contribution in [2.75, 3.05) is 18.8 Å². The molecule has 5 atom stereocenters. The van der Waals surface area contributed by atoms with E-state index in [4.69, 9.17) is 4.74 Å². The van der Waals surface area contributed by atoms with Crippen LogP contribution in [0, 0.1) is 0 Å². The van der Waals surface area contributed by atoms with Crippen LogP contribution in [0.25, 0.3) is 0 Å². The molecule has 0 bridgehead atoms. The van der Waals surface area contributed by atoms with E-state index in [1.807, 2.05) is 30.5 Å². The van der Waals surface area contributed by atoms with E-state index in [-0.39, 0.29) is 36.2 Å². The molecule has 0 aromatic rings. The van der Waals surface area contributed by atoms with Crippen LogP contribution in [0.3, 0.4) is 0 Å². The summed E-state index contributed by atoms with van der Waals surface area (Å²) in [6.45, 7) is 5.47. The van der Waals surface area contributed by atoms with Crippen molar-refractivity contribution in [3.05, 3.63) is 0 Å². The fourth-order valence-electron chi connectivity index (χ4n) is 3.80. The Labute approximate surface area is 142 Å². The van der Waals surface area contributed by atoms with Crippen molar-refractivity contribution in [1.29, 1.82) is 0 Å². The molecule has 0 aromatic carbocycles. The maximum absolute atomic E-state index is 12.3. The van der Waals surface area contributed by atoms with Gasteiger partial charge in [-0.2, -0.15) is 11.8 Å². The SMILES string of the molecule is C[C@@H]1CN(C(=O)CCCC[C@@H]2SC[C@@H]3NC(=O)N[C@@H]32)C[C@@H](C)O1. The van der Waals surface area contributed by atoms with Crippen LogP contribution in [0.2, 0.25) is 0 Å². The molecule has 0 saturated carbocycles. The molecule has 2 N–H and O–H groups in total. The van der Waals surface area contributed by atoms with Gasteiger partial charge in [0.15, 0.2) is 0 Å². The third-order valence-corrected chi connectivity index (χ3v) is 6.35. The van der Waals surface area contributed by atoms with Gasteiger partial charge in [-0.05, 0) is 26.7 Å². The zero-order valence-electron chi connectivity index (χ0n) is 13.9. The Hall–Kier alpha value is -0.950. The zero-order chi connectivity index (χ0) is 16.4. The highest BCUT2D eigenvalue weighted by Crippen LogP contribution is 2.33. The van der Waals surface area contributed by atoms with Crippen LogP contribution in [0.1, 0.15) is 39.5 Å². The molecule has 3 rings (SSSR count). The number of carbonyl (C=O) groups excluding carboxylic acids is 2. The van der Waals surface area contributed by atoms with E-state index in [2.05, 4.69) is 10.6 Å². The first-order valence-corrected chi connectivity index (χ1v) is 9.69. The number of amides is 3. The van der Waals surface area contributed by atoms with Crippen LogP contribution in [-0.4, -0.2) is 65.2 Å². The first-order valence-electron chi connectivity index (χ1n) is 8.65. The average molecular weight is 341 g/mol. The third-order valence-electron chi connectivity index (χ3n) is 4.84. The highest BCUT2D eigenvalue weighted by atomic mass is 32.2. The van der Waals surface area contributed by atoms with E-state index >= 15 is 0 Å². The summed E-state index contributed by atoms with van der Waals surface area (Å²) in [6, 6.07) is 0.524. The maximum atomic E-state index is 12.3. The number of carbonyl (C=O) groups is 2. The number of unbranched alkanes of at least 4 members (excludes halogenated alkanes) is 1. The van der Waals surface area contributed by atoms with E-state index in [0.717, 1.165) is 25.0 Å². The van der Waals surface area contributed by atoms with Gasteiger partial charge in [-0.1, -0.05) is 6.42 Å². The number of morpholine rings is 1. The molecule has 23 heavy (non-hydrogen) atoms. The standard InChI is InChI=1S/C16H27N3O3S/c1-10-7-19(8-11(2)22-10)14(20)6-4-3-5-13-15-12(9-23-13)17-16(21)18-15/h10-13,15H,3-9H2,1-2H3,(H2,17,18,21)/t10-,11-,12+,13+,15+/m1/s1. The second-order valence-corrected chi connectivity index (χ2v) is 8.20. The lowest BCUT2D eigenvalue weighted by Gasteiger charge is -2.35. The van der Waals surface area contributed by atoms with Crippen molar-refractivity contribution in [3.8, 4) is 0 Å². The van der Waals surface area contributed by atoms with Gasteiger partial charge in [-0.3, -0.25) is 4.79 Å². The molecule has 3 saturated heterocycles. The smallest absolute Gasteiger partial charge is 0.315 e. The van der Waals surface area contributed by atoms with Crippen LogP contribution in [0.15, 0.2) is 0 Å². The summed E-state index contributed by atoms with van der Waals surface area (Å²) in [5, 5.41) is 6.46. The van der Waals surface area contributed by atoms with Crippen LogP contribution >= 0.6 is 11.8 Å². The molecule has 3 aliphatic rings. The lowest BCUT2D eigenvalue weighted by Crippen LogP contribution is -2.48. The molecule has 3 aliphatic heterocycles. The Morgan fingerprint density at radius 3 is 2.74 bits per heavy atom. The van der Waals surface area contributed by atoms with Crippen molar-refractivity contribution < 1.29 is 14.3 Å². The minimum absolute atomic E-state index is 0.0314. The predicted octanol–water partition coefficient (Wildman–Crippen LogP) is 1.35. The molecule has 3 heterocycles. The Morgan fingerprint density at radius 1 is 1.26 bits per heavy atom. The van der Waals surface area contributed by atoms with Crippen LogP contribution in [-0.2, 0) is 9.53 Å². The van der Waals surface area contributed by atoms with E-state index in [9.17, 15) is 9.59 Å². The van der Waals surface area contributed by atoms with Gasteiger partial charge < -0.3 is 20.3 Å².